The summed E-state index contributed by atoms with van der Waals surface area (Å²) in [5.74, 6) is 0.0768. The van der Waals surface area contributed by atoms with Crippen molar-refractivity contribution in [3.8, 4) is 0 Å². The van der Waals surface area contributed by atoms with Crippen LogP contribution in [-0.2, 0) is 4.79 Å². The van der Waals surface area contributed by atoms with Crippen LogP contribution in [0.3, 0.4) is 0 Å². The van der Waals surface area contributed by atoms with Gasteiger partial charge in [-0.25, -0.2) is 0 Å². The molecule has 0 spiro atoms. The second-order valence-electron chi connectivity index (χ2n) is 7.54. The smallest absolute Gasteiger partial charge is 0.255 e. The zero-order chi connectivity index (χ0) is 21.5. The van der Waals surface area contributed by atoms with E-state index in [1.54, 1.807) is 30.3 Å². The normalized spacial score (nSPS) is 10.5. The largest absolute Gasteiger partial charge is 0.376 e. The van der Waals surface area contributed by atoms with Gasteiger partial charge in [0.05, 0.1) is 6.54 Å². The third-order valence-electron chi connectivity index (χ3n) is 4.73. The summed E-state index contributed by atoms with van der Waals surface area (Å²) in [6, 6.07) is 22.5. The molecule has 2 amide bonds. The van der Waals surface area contributed by atoms with Crippen LogP contribution >= 0.6 is 0 Å². The molecule has 0 aliphatic rings. The van der Waals surface area contributed by atoms with Gasteiger partial charge < -0.3 is 16.0 Å². The summed E-state index contributed by atoms with van der Waals surface area (Å²) in [4.78, 5) is 24.6. The number of hydrogen-bond donors (Lipinski definition) is 3. The first-order chi connectivity index (χ1) is 14.4. The minimum absolute atomic E-state index is 0.134. The molecule has 3 aromatic rings. The quantitative estimate of drug-likeness (QED) is 0.495. The minimum Gasteiger partial charge on any atom is -0.376 e. The number of hydrogen-bond acceptors (Lipinski definition) is 3. The van der Waals surface area contributed by atoms with Gasteiger partial charge in [0, 0.05) is 22.6 Å². The fourth-order valence-corrected chi connectivity index (χ4v) is 3.17. The number of benzene rings is 3. The van der Waals surface area contributed by atoms with Crippen molar-refractivity contribution in [2.45, 2.75) is 26.7 Å². The fourth-order valence-electron chi connectivity index (χ4n) is 3.17. The van der Waals surface area contributed by atoms with Gasteiger partial charge in [-0.1, -0.05) is 49.7 Å². The SMILES string of the molecule is Cc1cccc(C(=O)Nc2ccc(NC(=O)CNc3ccccc3C(C)C)cc2)c1. The Labute approximate surface area is 177 Å². The topological polar surface area (TPSA) is 70.2 Å². The van der Waals surface area contributed by atoms with Crippen molar-refractivity contribution in [2.24, 2.45) is 0 Å². The number of rotatable bonds is 7. The maximum absolute atomic E-state index is 12.3. The average Bonchev–Trinajstić information content (AvgIpc) is 2.74. The van der Waals surface area contributed by atoms with Crippen molar-refractivity contribution in [3.63, 3.8) is 0 Å². The lowest BCUT2D eigenvalue weighted by molar-refractivity contribution is -0.114. The number of nitrogens with one attached hydrogen (secondary N) is 3. The Morgan fingerprint density at radius 1 is 0.833 bits per heavy atom. The summed E-state index contributed by atoms with van der Waals surface area (Å²) < 4.78 is 0. The van der Waals surface area contributed by atoms with Crippen LogP contribution in [0.25, 0.3) is 0 Å². The van der Waals surface area contributed by atoms with Gasteiger partial charge in [-0.2, -0.15) is 0 Å². The summed E-state index contributed by atoms with van der Waals surface area (Å²) >= 11 is 0. The van der Waals surface area contributed by atoms with Crippen LogP contribution in [0.4, 0.5) is 17.1 Å². The van der Waals surface area contributed by atoms with Gasteiger partial charge in [-0.05, 0) is 60.9 Å². The zero-order valence-electron chi connectivity index (χ0n) is 17.5. The standard InChI is InChI=1S/C25H27N3O2/c1-17(2)22-9-4-5-10-23(22)26-16-24(29)27-20-11-13-21(14-12-20)28-25(30)19-8-6-7-18(3)15-19/h4-15,17,26H,16H2,1-3H3,(H,27,29)(H,28,30). The molecule has 0 bridgehead atoms. The Morgan fingerprint density at radius 2 is 1.50 bits per heavy atom. The van der Waals surface area contributed by atoms with Gasteiger partial charge in [0.15, 0.2) is 0 Å². The van der Waals surface area contributed by atoms with Crippen LogP contribution in [0.2, 0.25) is 0 Å². The van der Waals surface area contributed by atoms with Crippen LogP contribution in [0.1, 0.15) is 41.3 Å². The molecule has 0 aromatic heterocycles. The number of anilines is 3. The van der Waals surface area contributed by atoms with Gasteiger partial charge in [-0.15, -0.1) is 0 Å². The maximum Gasteiger partial charge on any atom is 0.255 e. The Hall–Kier alpha value is -3.60. The molecule has 0 aliphatic carbocycles. The van der Waals surface area contributed by atoms with Gasteiger partial charge in [0.2, 0.25) is 5.91 Å². The lowest BCUT2D eigenvalue weighted by atomic mass is 10.0. The third-order valence-corrected chi connectivity index (χ3v) is 4.73. The van der Waals surface area contributed by atoms with Gasteiger partial charge >= 0.3 is 0 Å². The number of para-hydroxylation sites is 1. The minimum atomic E-state index is -0.163. The van der Waals surface area contributed by atoms with Crippen molar-refractivity contribution in [3.05, 3.63) is 89.5 Å². The van der Waals surface area contributed by atoms with E-state index in [-0.39, 0.29) is 18.4 Å². The van der Waals surface area contributed by atoms with Crippen molar-refractivity contribution in [1.29, 1.82) is 0 Å². The van der Waals surface area contributed by atoms with Crippen LogP contribution in [0, 0.1) is 6.92 Å². The van der Waals surface area contributed by atoms with E-state index in [9.17, 15) is 9.59 Å². The summed E-state index contributed by atoms with van der Waals surface area (Å²) in [6.45, 7) is 6.37. The molecule has 0 fully saturated rings. The molecule has 30 heavy (non-hydrogen) atoms. The molecule has 3 aromatic carbocycles. The van der Waals surface area contributed by atoms with Crippen LogP contribution in [0.15, 0.2) is 72.8 Å². The van der Waals surface area contributed by atoms with Crippen LogP contribution in [-0.4, -0.2) is 18.4 Å². The summed E-state index contributed by atoms with van der Waals surface area (Å²) in [5.41, 5.74) is 5.14. The van der Waals surface area contributed by atoms with E-state index in [0.29, 0.717) is 22.9 Å². The lowest BCUT2D eigenvalue weighted by Gasteiger charge is -2.14. The molecule has 0 aliphatic heterocycles. The van der Waals surface area contributed by atoms with E-state index >= 15 is 0 Å². The van der Waals surface area contributed by atoms with Gasteiger partial charge in [0.25, 0.3) is 5.91 Å². The molecule has 5 heteroatoms. The molecule has 0 atom stereocenters. The number of amides is 2. The first-order valence-corrected chi connectivity index (χ1v) is 10.0. The van der Waals surface area contributed by atoms with E-state index in [4.69, 9.17) is 0 Å². The molecular formula is C25H27N3O2. The zero-order valence-corrected chi connectivity index (χ0v) is 17.5. The van der Waals surface area contributed by atoms with Crippen LogP contribution < -0.4 is 16.0 Å². The monoisotopic (exact) mass is 401 g/mol. The van der Waals surface area contributed by atoms with Gasteiger partial charge in [-0.3, -0.25) is 9.59 Å². The second-order valence-corrected chi connectivity index (χ2v) is 7.54. The van der Waals surface area contributed by atoms with E-state index in [1.165, 1.54) is 5.56 Å². The van der Waals surface area contributed by atoms with Crippen molar-refractivity contribution in [2.75, 3.05) is 22.5 Å². The van der Waals surface area contributed by atoms with E-state index in [1.807, 2.05) is 43.3 Å². The lowest BCUT2D eigenvalue weighted by Crippen LogP contribution is -2.22. The van der Waals surface area contributed by atoms with Crippen LogP contribution in [0.5, 0.6) is 0 Å². The highest BCUT2D eigenvalue weighted by Gasteiger charge is 2.09. The molecule has 0 saturated heterocycles. The van der Waals surface area contributed by atoms with Crippen molar-refractivity contribution >= 4 is 28.9 Å². The highest BCUT2D eigenvalue weighted by atomic mass is 16.2. The van der Waals surface area contributed by atoms with E-state index in [0.717, 1.165) is 11.3 Å². The molecule has 5 nitrogen and oxygen atoms in total. The Kier molecular flexibility index (Phi) is 6.86. The number of carbonyl (C=O) groups excluding carboxylic acids is 2. The van der Waals surface area contributed by atoms with E-state index < -0.39 is 0 Å². The Morgan fingerprint density at radius 3 is 2.17 bits per heavy atom. The molecule has 154 valence electrons. The first kappa shape index (κ1) is 21.1. The second kappa shape index (κ2) is 9.74. The van der Waals surface area contributed by atoms with E-state index in [2.05, 4.69) is 35.9 Å². The molecule has 3 rings (SSSR count). The highest BCUT2D eigenvalue weighted by Crippen LogP contribution is 2.23. The number of aryl methyl sites for hydroxylation is 1. The molecule has 0 saturated carbocycles. The predicted octanol–water partition coefficient (Wildman–Crippen LogP) is 5.42. The summed E-state index contributed by atoms with van der Waals surface area (Å²) in [5, 5.41) is 8.94. The van der Waals surface area contributed by atoms with Crippen molar-refractivity contribution in [1.82, 2.24) is 0 Å². The molecule has 3 N–H and O–H groups in total. The Bertz CT molecular complexity index is 1030. The molecular weight excluding hydrogens is 374 g/mol. The third kappa shape index (κ3) is 5.70. The summed E-state index contributed by atoms with van der Waals surface area (Å²) in [6.07, 6.45) is 0. The molecule has 0 heterocycles. The first-order valence-electron chi connectivity index (χ1n) is 10.0. The predicted molar refractivity (Wildman–Crippen MR) is 123 cm³/mol. The fraction of sp³-hybridized carbons (Fsp3) is 0.200. The summed E-state index contributed by atoms with van der Waals surface area (Å²) in [7, 11) is 0. The Balaban J connectivity index is 1.54. The van der Waals surface area contributed by atoms with Gasteiger partial charge in [0.1, 0.15) is 0 Å². The van der Waals surface area contributed by atoms with Crippen molar-refractivity contribution < 1.29 is 9.59 Å². The maximum atomic E-state index is 12.3. The molecule has 0 unspecified atom stereocenters. The average molecular weight is 402 g/mol. The number of carbonyl (C=O) groups is 2. The highest BCUT2D eigenvalue weighted by molar-refractivity contribution is 6.04. The molecule has 0 radical (unpaired) electrons.